The van der Waals surface area contributed by atoms with Gasteiger partial charge in [-0.05, 0) is 31.1 Å². The maximum absolute atomic E-state index is 11.5. The Morgan fingerprint density at radius 3 is 2.25 bits per heavy atom. The summed E-state index contributed by atoms with van der Waals surface area (Å²) in [4.78, 5) is 11.5. The number of carbonyl (C=O) groups is 1. The van der Waals surface area contributed by atoms with Crippen molar-refractivity contribution in [3.8, 4) is 0 Å². The highest BCUT2D eigenvalue weighted by Crippen LogP contribution is 2.42. The number of carbonyl (C=O) groups excluding carboxylic acids is 1. The predicted octanol–water partition coefficient (Wildman–Crippen LogP) is 4.55. The SMILES string of the molecule is COCCC[Si]1(c2ccccc2)CCC(C2CCC(=O)CC2)CC1. The summed E-state index contributed by atoms with van der Waals surface area (Å²) < 4.78 is 5.33. The molecule has 0 bridgehead atoms. The van der Waals surface area contributed by atoms with E-state index in [4.69, 9.17) is 4.74 Å². The number of rotatable bonds is 6. The van der Waals surface area contributed by atoms with Crippen molar-refractivity contribution < 1.29 is 9.53 Å². The van der Waals surface area contributed by atoms with Crippen LogP contribution in [0, 0.1) is 11.8 Å². The average molecular weight is 345 g/mol. The summed E-state index contributed by atoms with van der Waals surface area (Å²) in [5, 5.41) is 1.67. The van der Waals surface area contributed by atoms with Gasteiger partial charge < -0.3 is 4.74 Å². The molecule has 1 aliphatic heterocycles. The highest BCUT2D eigenvalue weighted by atomic mass is 28.3. The largest absolute Gasteiger partial charge is 0.385 e. The Balaban J connectivity index is 1.65. The van der Waals surface area contributed by atoms with Crippen LogP contribution < -0.4 is 5.19 Å². The van der Waals surface area contributed by atoms with Gasteiger partial charge in [-0.15, -0.1) is 0 Å². The molecule has 24 heavy (non-hydrogen) atoms. The van der Waals surface area contributed by atoms with Crippen LogP contribution in [0.4, 0.5) is 0 Å². The first-order valence-electron chi connectivity index (χ1n) is 9.80. The lowest BCUT2D eigenvalue weighted by Gasteiger charge is -2.42. The minimum atomic E-state index is -1.36. The summed E-state index contributed by atoms with van der Waals surface area (Å²) in [5.74, 6) is 2.20. The van der Waals surface area contributed by atoms with E-state index in [2.05, 4.69) is 30.3 Å². The van der Waals surface area contributed by atoms with E-state index in [0.717, 1.165) is 44.1 Å². The molecule has 0 N–H and O–H groups in total. The highest BCUT2D eigenvalue weighted by Gasteiger charge is 2.40. The Hall–Kier alpha value is -0.933. The van der Waals surface area contributed by atoms with Crippen LogP contribution in [-0.2, 0) is 9.53 Å². The first-order chi connectivity index (χ1) is 11.7. The van der Waals surface area contributed by atoms with E-state index >= 15 is 0 Å². The van der Waals surface area contributed by atoms with Crippen LogP contribution >= 0.6 is 0 Å². The van der Waals surface area contributed by atoms with Gasteiger partial charge in [0.1, 0.15) is 5.78 Å². The molecule has 3 rings (SSSR count). The van der Waals surface area contributed by atoms with Crippen LogP contribution in [0.2, 0.25) is 18.1 Å². The maximum atomic E-state index is 11.5. The number of hydrogen-bond donors (Lipinski definition) is 0. The minimum Gasteiger partial charge on any atom is -0.385 e. The smallest absolute Gasteiger partial charge is 0.132 e. The van der Waals surface area contributed by atoms with E-state index in [1.807, 2.05) is 7.11 Å². The van der Waals surface area contributed by atoms with Crippen molar-refractivity contribution in [2.24, 2.45) is 11.8 Å². The fourth-order valence-electron chi connectivity index (χ4n) is 5.13. The van der Waals surface area contributed by atoms with E-state index < -0.39 is 8.07 Å². The van der Waals surface area contributed by atoms with Gasteiger partial charge in [-0.1, -0.05) is 66.5 Å². The third-order valence-electron chi connectivity index (χ3n) is 6.63. The molecule has 2 aliphatic rings. The number of benzene rings is 1. The third-order valence-corrected chi connectivity index (χ3v) is 12.0. The van der Waals surface area contributed by atoms with Gasteiger partial charge in [0.25, 0.3) is 0 Å². The van der Waals surface area contributed by atoms with Crippen molar-refractivity contribution in [2.45, 2.75) is 63.1 Å². The molecule has 1 aromatic carbocycles. The van der Waals surface area contributed by atoms with E-state index in [0.29, 0.717) is 5.78 Å². The first-order valence-corrected chi connectivity index (χ1v) is 12.4. The van der Waals surface area contributed by atoms with Crippen LogP contribution in [0.15, 0.2) is 30.3 Å². The molecule has 0 atom stereocenters. The van der Waals surface area contributed by atoms with Crippen molar-refractivity contribution in [3.05, 3.63) is 30.3 Å². The number of ether oxygens (including phenoxy) is 1. The topological polar surface area (TPSA) is 26.3 Å². The molecule has 1 aromatic rings. The predicted molar refractivity (Wildman–Crippen MR) is 102 cm³/mol. The van der Waals surface area contributed by atoms with Gasteiger partial charge >= 0.3 is 0 Å². The molecule has 1 heterocycles. The molecule has 3 heteroatoms. The Kier molecular flexibility index (Phi) is 6.29. The number of Topliss-reactive ketones (excluding diaryl/α,β-unsaturated/α-hetero) is 1. The van der Waals surface area contributed by atoms with Crippen LogP contribution in [0.5, 0.6) is 0 Å². The Morgan fingerprint density at radius 2 is 1.62 bits per heavy atom. The molecule has 0 amide bonds. The Bertz CT molecular complexity index is 510. The fraction of sp³-hybridized carbons (Fsp3) is 0.667. The molecule has 0 radical (unpaired) electrons. The van der Waals surface area contributed by atoms with E-state index in [-0.39, 0.29) is 0 Å². The van der Waals surface area contributed by atoms with Gasteiger partial charge in [0.2, 0.25) is 0 Å². The molecule has 1 saturated carbocycles. The lowest BCUT2D eigenvalue weighted by Crippen LogP contribution is -2.50. The van der Waals surface area contributed by atoms with Gasteiger partial charge in [0.15, 0.2) is 0 Å². The van der Waals surface area contributed by atoms with Crippen molar-refractivity contribution >= 4 is 19.0 Å². The number of hydrogen-bond acceptors (Lipinski definition) is 2. The molecule has 132 valence electrons. The molecule has 1 aliphatic carbocycles. The average Bonchev–Trinajstić information content (AvgIpc) is 2.64. The second-order valence-corrected chi connectivity index (χ2v) is 12.6. The molecule has 0 aromatic heterocycles. The standard InChI is InChI=1S/C21H32O2Si/c1-23-14-5-15-24(21-6-3-2-4-7-21)16-12-19(13-17-24)18-8-10-20(22)11-9-18/h2-4,6-7,18-19H,5,8-17H2,1H3. The van der Waals surface area contributed by atoms with Gasteiger partial charge in [-0.3, -0.25) is 4.79 Å². The van der Waals surface area contributed by atoms with Crippen molar-refractivity contribution in [2.75, 3.05) is 13.7 Å². The quantitative estimate of drug-likeness (QED) is 0.559. The third kappa shape index (κ3) is 4.18. The van der Waals surface area contributed by atoms with E-state index in [9.17, 15) is 4.79 Å². The van der Waals surface area contributed by atoms with Gasteiger partial charge in [0.05, 0.1) is 8.07 Å². The van der Waals surface area contributed by atoms with E-state index in [1.54, 1.807) is 5.19 Å². The van der Waals surface area contributed by atoms with E-state index in [1.165, 1.54) is 37.4 Å². The minimum absolute atomic E-state index is 0.495. The summed E-state index contributed by atoms with van der Waals surface area (Å²) in [6.07, 6.45) is 8.01. The monoisotopic (exact) mass is 344 g/mol. The number of ketones is 1. The first kappa shape index (κ1) is 17.9. The molecule has 0 spiro atoms. The van der Waals surface area contributed by atoms with Gasteiger partial charge in [-0.25, -0.2) is 0 Å². The zero-order chi connectivity index (χ0) is 16.8. The molecule has 2 fully saturated rings. The van der Waals surface area contributed by atoms with Crippen molar-refractivity contribution in [3.63, 3.8) is 0 Å². The summed E-state index contributed by atoms with van der Waals surface area (Å²) in [6, 6.07) is 15.6. The Labute approximate surface area is 148 Å². The second-order valence-electron chi connectivity index (χ2n) is 7.96. The lowest BCUT2D eigenvalue weighted by molar-refractivity contribution is -0.121. The molecular formula is C21H32O2Si. The fourth-order valence-corrected chi connectivity index (χ4v) is 10.3. The summed E-state index contributed by atoms with van der Waals surface area (Å²) in [6.45, 7) is 0.899. The van der Waals surface area contributed by atoms with Gasteiger partial charge in [-0.2, -0.15) is 0 Å². The molecular weight excluding hydrogens is 312 g/mol. The highest BCUT2D eigenvalue weighted by molar-refractivity contribution is 6.92. The van der Waals surface area contributed by atoms with Crippen LogP contribution in [0.25, 0.3) is 0 Å². The van der Waals surface area contributed by atoms with Gasteiger partial charge in [0, 0.05) is 26.6 Å². The molecule has 2 nitrogen and oxygen atoms in total. The Morgan fingerprint density at radius 1 is 1.00 bits per heavy atom. The summed E-state index contributed by atoms with van der Waals surface area (Å²) in [7, 11) is 0.456. The summed E-state index contributed by atoms with van der Waals surface area (Å²) in [5.41, 5.74) is 0. The summed E-state index contributed by atoms with van der Waals surface area (Å²) >= 11 is 0. The van der Waals surface area contributed by atoms with Crippen LogP contribution in [-0.4, -0.2) is 27.6 Å². The van der Waals surface area contributed by atoms with Crippen molar-refractivity contribution in [1.82, 2.24) is 0 Å². The van der Waals surface area contributed by atoms with Crippen LogP contribution in [0.1, 0.15) is 44.9 Å². The number of methoxy groups -OCH3 is 1. The maximum Gasteiger partial charge on any atom is 0.132 e. The molecule has 0 unspecified atom stereocenters. The van der Waals surface area contributed by atoms with Crippen molar-refractivity contribution in [1.29, 1.82) is 0 Å². The second kappa shape index (κ2) is 8.44. The normalized spacial score (nSPS) is 28.9. The molecule has 1 saturated heterocycles. The lowest BCUT2D eigenvalue weighted by atomic mass is 9.77. The zero-order valence-electron chi connectivity index (χ0n) is 15.1. The van der Waals surface area contributed by atoms with Crippen LogP contribution in [0.3, 0.4) is 0 Å². The zero-order valence-corrected chi connectivity index (χ0v) is 16.1.